The van der Waals surface area contributed by atoms with Crippen LogP contribution in [0.5, 0.6) is 0 Å². The summed E-state index contributed by atoms with van der Waals surface area (Å²) < 4.78 is 19.5. The first-order valence-corrected chi connectivity index (χ1v) is 13.1. The molecule has 1 amide bonds. The molecule has 1 aliphatic heterocycles. The van der Waals surface area contributed by atoms with Crippen molar-refractivity contribution < 1.29 is 13.9 Å². The summed E-state index contributed by atoms with van der Waals surface area (Å²) in [5.74, 6) is -0.343. The average molecular weight is 505 g/mol. The quantitative estimate of drug-likeness (QED) is 0.353. The largest absolute Gasteiger partial charge is 0.373 e. The minimum Gasteiger partial charge on any atom is -0.373 e. The SMILES string of the molecule is Cc1ncsc1C(CNC(=O)c1cccc2ncccc12)N1CCC(OCc2cccc(F)c2)CC1. The highest BCUT2D eigenvalue weighted by Crippen LogP contribution is 2.30. The van der Waals surface area contributed by atoms with Crippen LogP contribution in [0.25, 0.3) is 10.9 Å². The molecule has 6 nitrogen and oxygen atoms in total. The van der Waals surface area contributed by atoms with Gasteiger partial charge in [-0.25, -0.2) is 9.37 Å². The summed E-state index contributed by atoms with van der Waals surface area (Å²) in [7, 11) is 0. The number of rotatable bonds is 8. The molecule has 1 fully saturated rings. The van der Waals surface area contributed by atoms with Gasteiger partial charge in [0.05, 0.1) is 35.5 Å². The Hall–Kier alpha value is -3.20. The van der Waals surface area contributed by atoms with Crippen LogP contribution in [0.1, 0.15) is 45.4 Å². The smallest absolute Gasteiger partial charge is 0.252 e. The number of carbonyl (C=O) groups is 1. The van der Waals surface area contributed by atoms with Crippen molar-refractivity contribution in [3.8, 4) is 0 Å². The average Bonchev–Trinajstić information content (AvgIpc) is 3.33. The van der Waals surface area contributed by atoms with Crippen LogP contribution in [0, 0.1) is 12.7 Å². The van der Waals surface area contributed by atoms with E-state index in [1.54, 1.807) is 23.6 Å². The van der Waals surface area contributed by atoms with Crippen molar-refractivity contribution in [1.29, 1.82) is 0 Å². The summed E-state index contributed by atoms with van der Waals surface area (Å²) in [6.07, 6.45) is 3.63. The third-order valence-corrected chi connectivity index (χ3v) is 7.76. The number of aromatic nitrogens is 2. The summed E-state index contributed by atoms with van der Waals surface area (Å²) in [5.41, 5.74) is 5.15. The molecular weight excluding hydrogens is 475 g/mol. The fourth-order valence-electron chi connectivity index (χ4n) is 4.80. The van der Waals surface area contributed by atoms with E-state index in [4.69, 9.17) is 4.74 Å². The van der Waals surface area contributed by atoms with Gasteiger partial charge in [0.15, 0.2) is 0 Å². The molecule has 1 unspecified atom stereocenters. The summed E-state index contributed by atoms with van der Waals surface area (Å²) in [5, 5.41) is 4.02. The van der Waals surface area contributed by atoms with Crippen LogP contribution in [-0.4, -0.2) is 46.5 Å². The van der Waals surface area contributed by atoms with E-state index in [0.29, 0.717) is 18.7 Å². The molecule has 2 aromatic carbocycles. The Morgan fingerprint density at radius 1 is 1.17 bits per heavy atom. The van der Waals surface area contributed by atoms with E-state index in [2.05, 4.69) is 20.2 Å². The highest BCUT2D eigenvalue weighted by Gasteiger charge is 2.29. The molecule has 0 radical (unpaired) electrons. The maximum atomic E-state index is 13.5. The molecule has 8 heteroatoms. The molecule has 1 atom stereocenters. The molecule has 5 rings (SSSR count). The maximum Gasteiger partial charge on any atom is 0.252 e. The number of carbonyl (C=O) groups excluding carboxylic acids is 1. The first-order valence-electron chi connectivity index (χ1n) is 12.2. The van der Waals surface area contributed by atoms with Crippen LogP contribution in [-0.2, 0) is 11.3 Å². The third kappa shape index (κ3) is 5.61. The van der Waals surface area contributed by atoms with Gasteiger partial charge in [-0.2, -0.15) is 0 Å². The summed E-state index contributed by atoms with van der Waals surface area (Å²) in [6.45, 7) is 4.63. The number of nitrogens with one attached hydrogen (secondary N) is 1. The second kappa shape index (κ2) is 11.2. The molecule has 3 heterocycles. The Labute approximate surface area is 214 Å². The fourth-order valence-corrected chi connectivity index (χ4v) is 5.74. The third-order valence-electron chi connectivity index (χ3n) is 6.72. The number of aryl methyl sites for hydroxylation is 1. The standard InChI is InChI=1S/C28H29FN4O2S/c1-19-27(36-18-32-19)26(16-31-28(34)24-7-3-9-25-23(24)8-4-12-30-25)33-13-10-22(11-14-33)35-17-20-5-2-6-21(29)15-20/h2-9,12,15,18,22,26H,10-11,13-14,16-17H2,1H3,(H,31,34). The van der Waals surface area contributed by atoms with E-state index in [9.17, 15) is 9.18 Å². The van der Waals surface area contributed by atoms with Crippen LogP contribution >= 0.6 is 11.3 Å². The van der Waals surface area contributed by atoms with Crippen molar-refractivity contribution in [2.24, 2.45) is 0 Å². The predicted molar refractivity (Wildman–Crippen MR) is 139 cm³/mol. The molecule has 1 aliphatic rings. The molecule has 0 saturated carbocycles. The van der Waals surface area contributed by atoms with E-state index in [-0.39, 0.29) is 23.9 Å². The fraction of sp³-hybridized carbons (Fsp3) is 0.321. The number of benzene rings is 2. The Morgan fingerprint density at radius 3 is 2.78 bits per heavy atom. The number of halogens is 1. The molecule has 0 aliphatic carbocycles. The predicted octanol–water partition coefficient (Wildman–Crippen LogP) is 5.29. The summed E-state index contributed by atoms with van der Waals surface area (Å²) in [4.78, 5) is 25.6. The lowest BCUT2D eigenvalue weighted by atomic mass is 10.0. The van der Waals surface area contributed by atoms with Gasteiger partial charge >= 0.3 is 0 Å². The van der Waals surface area contributed by atoms with Crippen molar-refractivity contribution in [2.45, 2.75) is 38.5 Å². The topological polar surface area (TPSA) is 67.4 Å². The van der Waals surface area contributed by atoms with Gasteiger partial charge in [0, 0.05) is 41.7 Å². The van der Waals surface area contributed by atoms with Gasteiger partial charge in [-0.05, 0) is 55.7 Å². The molecule has 4 aromatic rings. The molecule has 0 bridgehead atoms. The number of fused-ring (bicyclic) bond motifs is 1. The lowest BCUT2D eigenvalue weighted by Gasteiger charge is -2.37. The number of likely N-dealkylation sites (tertiary alicyclic amines) is 1. The molecular formula is C28H29FN4O2S. The first-order chi connectivity index (χ1) is 17.6. The molecule has 36 heavy (non-hydrogen) atoms. The van der Waals surface area contributed by atoms with E-state index < -0.39 is 0 Å². The number of hydrogen-bond acceptors (Lipinski definition) is 6. The summed E-state index contributed by atoms with van der Waals surface area (Å²) >= 11 is 1.63. The number of nitrogens with zero attached hydrogens (tertiary/aromatic N) is 3. The van der Waals surface area contributed by atoms with Gasteiger partial charge in [0.2, 0.25) is 0 Å². The van der Waals surface area contributed by atoms with Crippen LogP contribution in [0.3, 0.4) is 0 Å². The first kappa shape index (κ1) is 24.5. The van der Waals surface area contributed by atoms with Crippen molar-refractivity contribution >= 4 is 28.1 Å². The van der Waals surface area contributed by atoms with Crippen LogP contribution < -0.4 is 5.32 Å². The number of thiazole rings is 1. The van der Waals surface area contributed by atoms with Crippen molar-refractivity contribution in [3.05, 3.63) is 93.8 Å². The van der Waals surface area contributed by atoms with Gasteiger partial charge < -0.3 is 10.1 Å². The lowest BCUT2D eigenvalue weighted by molar-refractivity contribution is -0.0111. The second-order valence-electron chi connectivity index (χ2n) is 9.08. The van der Waals surface area contributed by atoms with E-state index >= 15 is 0 Å². The Morgan fingerprint density at radius 2 is 2.00 bits per heavy atom. The van der Waals surface area contributed by atoms with Crippen molar-refractivity contribution in [1.82, 2.24) is 20.2 Å². The normalized spacial score (nSPS) is 15.7. The van der Waals surface area contributed by atoms with Crippen LogP contribution in [0.2, 0.25) is 0 Å². The second-order valence-corrected chi connectivity index (χ2v) is 9.97. The highest BCUT2D eigenvalue weighted by atomic mass is 32.1. The molecule has 1 saturated heterocycles. The molecule has 186 valence electrons. The van der Waals surface area contributed by atoms with E-state index in [1.165, 1.54) is 17.0 Å². The maximum absolute atomic E-state index is 13.5. The van der Waals surface area contributed by atoms with Gasteiger partial charge in [0.1, 0.15) is 5.82 Å². The molecule has 0 spiro atoms. The van der Waals surface area contributed by atoms with Gasteiger partial charge in [0.25, 0.3) is 5.91 Å². The number of pyridine rings is 1. The minimum atomic E-state index is -0.240. The number of amides is 1. The number of ether oxygens (including phenoxy) is 1. The zero-order valence-corrected chi connectivity index (χ0v) is 21.0. The van der Waals surface area contributed by atoms with E-state index in [1.807, 2.05) is 48.8 Å². The zero-order valence-electron chi connectivity index (χ0n) is 20.2. The zero-order chi connectivity index (χ0) is 24.9. The number of hydrogen-bond donors (Lipinski definition) is 1. The van der Waals surface area contributed by atoms with E-state index in [0.717, 1.165) is 48.1 Å². The van der Waals surface area contributed by atoms with Gasteiger partial charge in [-0.15, -0.1) is 11.3 Å². The van der Waals surface area contributed by atoms with Gasteiger partial charge in [-0.1, -0.05) is 24.3 Å². The Bertz CT molecular complexity index is 1330. The Kier molecular flexibility index (Phi) is 7.65. The minimum absolute atomic E-state index is 0.0405. The Balaban J connectivity index is 1.23. The highest BCUT2D eigenvalue weighted by molar-refractivity contribution is 7.09. The lowest BCUT2D eigenvalue weighted by Crippen LogP contribution is -2.43. The summed E-state index contributed by atoms with van der Waals surface area (Å²) in [6, 6.07) is 16.0. The monoisotopic (exact) mass is 504 g/mol. The van der Waals surface area contributed by atoms with Crippen molar-refractivity contribution in [2.75, 3.05) is 19.6 Å². The van der Waals surface area contributed by atoms with Crippen molar-refractivity contribution in [3.63, 3.8) is 0 Å². The molecule has 1 N–H and O–H groups in total. The van der Waals surface area contributed by atoms with Gasteiger partial charge in [-0.3, -0.25) is 14.7 Å². The molecule has 2 aromatic heterocycles. The van der Waals surface area contributed by atoms with Crippen LogP contribution in [0.15, 0.2) is 66.3 Å². The van der Waals surface area contributed by atoms with Crippen LogP contribution in [0.4, 0.5) is 4.39 Å². The number of piperidine rings is 1.